The summed E-state index contributed by atoms with van der Waals surface area (Å²) in [5, 5.41) is 10.9. The fourth-order valence-electron chi connectivity index (χ4n) is 10.6. The number of hydrogen-bond acceptors (Lipinski definition) is 8. The van der Waals surface area contributed by atoms with Crippen LogP contribution in [-0.2, 0) is 4.74 Å². The number of H-pyrrole nitrogens is 2. The Hall–Kier alpha value is -10.3. The van der Waals surface area contributed by atoms with Crippen molar-refractivity contribution in [3.05, 3.63) is 239 Å². The summed E-state index contributed by atoms with van der Waals surface area (Å²) >= 11 is 0. The Labute approximate surface area is 448 Å². The molecule has 0 fully saturated rings. The predicted molar refractivity (Wildman–Crippen MR) is 312 cm³/mol. The van der Waals surface area contributed by atoms with Gasteiger partial charge in [-0.25, -0.2) is 14.8 Å². The van der Waals surface area contributed by atoms with E-state index in [1.165, 1.54) is 18.2 Å². The first-order chi connectivity index (χ1) is 38.4. The van der Waals surface area contributed by atoms with E-state index in [4.69, 9.17) is 23.9 Å². The van der Waals surface area contributed by atoms with E-state index in [2.05, 4.69) is 143 Å². The van der Waals surface area contributed by atoms with Crippen LogP contribution in [-0.4, -0.2) is 44.2 Å². The SMILES string of the molecule is O=C(OCCCCOc1ccc(-c2c3nc(c(-c4ccccc4)c4ccc([nH]4)c(-c4ccccc4)c4nc(c(-c5ccccc5)c5ccc2[nH]5)C=C4)C=C3)cc1)c1ccccc1-c1c2ccc(=O)cc-2oc2cc(O)ccc12. The maximum atomic E-state index is 13.8. The van der Waals surface area contributed by atoms with E-state index in [1.807, 2.05) is 42.5 Å². The molecular weight excluding hydrogens is 969 g/mol. The molecule has 6 heterocycles. The minimum atomic E-state index is -0.472. The molecule has 0 atom stereocenters. The minimum absolute atomic E-state index is 0.0213. The smallest absolute Gasteiger partial charge is 0.338 e. The van der Waals surface area contributed by atoms with Gasteiger partial charge in [0.15, 0.2) is 5.43 Å². The molecule has 0 radical (unpaired) electrons. The maximum Gasteiger partial charge on any atom is 0.338 e. The largest absolute Gasteiger partial charge is 0.508 e. The lowest BCUT2D eigenvalue weighted by Crippen LogP contribution is -2.09. The van der Waals surface area contributed by atoms with Crippen molar-refractivity contribution >= 4 is 63.3 Å². The van der Waals surface area contributed by atoms with Gasteiger partial charge in [0.05, 0.1) is 41.6 Å². The Morgan fingerprint density at radius 1 is 0.474 bits per heavy atom. The first-order valence-corrected chi connectivity index (χ1v) is 25.9. The lowest BCUT2D eigenvalue weighted by molar-refractivity contribution is 0.0495. The average Bonchev–Trinajstić information content (AvgIpc) is 4.39. The summed E-state index contributed by atoms with van der Waals surface area (Å²) in [5.41, 5.74) is 17.6. The van der Waals surface area contributed by atoms with Crippen LogP contribution in [0.3, 0.4) is 0 Å². The number of fused-ring (bicyclic) bond motifs is 10. The molecule has 4 aliphatic rings. The first-order valence-electron chi connectivity index (χ1n) is 25.9. The molecule has 0 unspecified atom stereocenters. The summed E-state index contributed by atoms with van der Waals surface area (Å²) in [6, 6.07) is 64.4. The molecule has 3 aliphatic heterocycles. The van der Waals surface area contributed by atoms with Crippen LogP contribution in [0, 0.1) is 0 Å². The zero-order chi connectivity index (χ0) is 52.5. The average molecular weight is 1020 g/mol. The van der Waals surface area contributed by atoms with Crippen molar-refractivity contribution < 1.29 is 23.8 Å². The van der Waals surface area contributed by atoms with E-state index in [1.54, 1.807) is 30.3 Å². The van der Waals surface area contributed by atoms with E-state index in [-0.39, 0.29) is 17.8 Å². The van der Waals surface area contributed by atoms with Gasteiger partial charge in [0.1, 0.15) is 22.8 Å². The number of unbranched alkanes of at least 4 members (excludes halogenated alkanes) is 1. The molecular formula is C68H48N4O6. The third-order valence-corrected chi connectivity index (χ3v) is 14.2. The quantitative estimate of drug-likeness (QED) is 0.0624. The zero-order valence-electron chi connectivity index (χ0n) is 42.1. The van der Waals surface area contributed by atoms with Crippen molar-refractivity contribution in [2.45, 2.75) is 12.8 Å². The van der Waals surface area contributed by atoms with Crippen molar-refractivity contribution in [3.8, 4) is 78.5 Å². The van der Waals surface area contributed by atoms with Crippen LogP contribution in [0.25, 0.3) is 124 Å². The van der Waals surface area contributed by atoms with E-state index in [0.29, 0.717) is 64.2 Å². The summed E-state index contributed by atoms with van der Waals surface area (Å²) in [4.78, 5) is 44.6. The van der Waals surface area contributed by atoms with Crippen LogP contribution in [0.2, 0.25) is 0 Å². The molecule has 1 aliphatic carbocycles. The molecule has 6 aromatic carbocycles. The van der Waals surface area contributed by atoms with Crippen LogP contribution in [0.4, 0.5) is 0 Å². The molecule has 9 aromatic rings. The number of esters is 1. The minimum Gasteiger partial charge on any atom is -0.508 e. The number of benzene rings is 7. The number of aromatic nitrogens is 4. The van der Waals surface area contributed by atoms with Crippen LogP contribution in [0.1, 0.15) is 46.0 Å². The number of rotatable bonds is 12. The van der Waals surface area contributed by atoms with Gasteiger partial charge >= 0.3 is 5.97 Å². The molecule has 376 valence electrons. The summed E-state index contributed by atoms with van der Waals surface area (Å²) in [5.74, 6) is 0.607. The van der Waals surface area contributed by atoms with Crippen molar-refractivity contribution in [2.24, 2.45) is 0 Å². The Kier molecular flexibility index (Phi) is 12.4. The number of nitrogens with zero attached hydrogens (tertiary/aromatic N) is 2. The summed E-state index contributed by atoms with van der Waals surface area (Å²) in [7, 11) is 0. The fraction of sp³-hybridized carbons (Fsp3) is 0.0588. The topological polar surface area (TPSA) is 143 Å². The highest BCUT2D eigenvalue weighted by atomic mass is 16.5. The van der Waals surface area contributed by atoms with Gasteiger partial charge in [-0.05, 0) is 132 Å². The van der Waals surface area contributed by atoms with Gasteiger partial charge in [-0.15, -0.1) is 0 Å². The van der Waals surface area contributed by atoms with Crippen molar-refractivity contribution in [2.75, 3.05) is 13.2 Å². The molecule has 78 heavy (non-hydrogen) atoms. The van der Waals surface area contributed by atoms with Gasteiger partial charge < -0.3 is 29.0 Å². The van der Waals surface area contributed by atoms with Gasteiger partial charge in [-0.3, -0.25) is 4.79 Å². The lowest BCUT2D eigenvalue weighted by atomic mass is 9.91. The maximum absolute atomic E-state index is 13.8. The van der Waals surface area contributed by atoms with E-state index < -0.39 is 5.97 Å². The third kappa shape index (κ3) is 9.11. The van der Waals surface area contributed by atoms with Crippen molar-refractivity contribution in [1.82, 2.24) is 19.9 Å². The van der Waals surface area contributed by atoms with Crippen molar-refractivity contribution in [3.63, 3.8) is 0 Å². The second-order valence-corrected chi connectivity index (χ2v) is 19.2. The number of phenolic OH excluding ortho intramolecular Hbond substituents is 1. The summed E-state index contributed by atoms with van der Waals surface area (Å²) in [6.07, 6.45) is 9.64. The van der Waals surface area contributed by atoms with E-state index in [0.717, 1.165) is 89.4 Å². The Morgan fingerprint density at radius 2 is 0.962 bits per heavy atom. The summed E-state index contributed by atoms with van der Waals surface area (Å²) < 4.78 is 18.2. The molecule has 0 saturated carbocycles. The monoisotopic (exact) mass is 1020 g/mol. The third-order valence-electron chi connectivity index (χ3n) is 14.2. The number of ether oxygens (including phenoxy) is 2. The lowest BCUT2D eigenvalue weighted by Gasteiger charge is -2.17. The van der Waals surface area contributed by atoms with Gasteiger partial charge in [-0.1, -0.05) is 121 Å². The van der Waals surface area contributed by atoms with Crippen molar-refractivity contribution in [1.29, 1.82) is 0 Å². The Morgan fingerprint density at radius 3 is 1.50 bits per heavy atom. The number of hydrogen-bond donors (Lipinski definition) is 3. The molecule has 0 saturated heterocycles. The fourth-order valence-corrected chi connectivity index (χ4v) is 10.6. The summed E-state index contributed by atoms with van der Waals surface area (Å²) in [6.45, 7) is 0.601. The second-order valence-electron chi connectivity index (χ2n) is 19.2. The highest BCUT2D eigenvalue weighted by molar-refractivity contribution is 6.08. The van der Waals surface area contributed by atoms with Gasteiger partial charge in [0.25, 0.3) is 0 Å². The van der Waals surface area contributed by atoms with Gasteiger partial charge in [-0.2, -0.15) is 0 Å². The van der Waals surface area contributed by atoms with Crippen LogP contribution >= 0.6 is 0 Å². The van der Waals surface area contributed by atoms with Gasteiger partial charge in [0.2, 0.25) is 0 Å². The number of aromatic amines is 2. The van der Waals surface area contributed by atoms with Gasteiger partial charge in [0, 0.05) is 73.0 Å². The van der Waals surface area contributed by atoms with Crippen LogP contribution in [0.15, 0.2) is 209 Å². The molecule has 0 spiro atoms. The highest BCUT2D eigenvalue weighted by Crippen LogP contribution is 2.43. The molecule has 10 nitrogen and oxygen atoms in total. The Bertz CT molecular complexity index is 4330. The van der Waals surface area contributed by atoms with E-state index >= 15 is 0 Å². The first kappa shape index (κ1) is 47.4. The Balaban J connectivity index is 0.804. The number of aromatic hydroxyl groups is 1. The van der Waals surface area contributed by atoms with Crippen LogP contribution in [0.5, 0.6) is 11.5 Å². The molecule has 13 rings (SSSR count). The zero-order valence-corrected chi connectivity index (χ0v) is 42.1. The molecule has 10 heteroatoms. The number of nitrogens with one attached hydrogen (secondary N) is 2. The second kappa shape index (κ2) is 20.4. The number of carbonyl (C=O) groups excluding carboxylic acids is 1. The normalized spacial score (nSPS) is 11.8. The van der Waals surface area contributed by atoms with E-state index in [9.17, 15) is 14.7 Å². The molecule has 8 bridgehead atoms. The predicted octanol–water partition coefficient (Wildman–Crippen LogP) is 15.9. The molecule has 3 N–H and O–H groups in total. The highest BCUT2D eigenvalue weighted by Gasteiger charge is 2.24. The number of phenols is 1. The molecule has 3 aromatic heterocycles. The molecule has 0 amide bonds. The van der Waals surface area contributed by atoms with Crippen LogP contribution < -0.4 is 10.2 Å². The standard InChI is InChI=1S/C68H48N4O6/c73-46-24-28-51-61(40-46)78-62-41-47(74)25-29-52(62)67(51)49-20-10-11-21-50(49)68(75)77-39-13-12-38-76-48-26-22-45(23-27-48)66-59-36-34-57(71-59)64(43-16-6-2-7-17-43)55-32-30-53(69-55)63(42-14-4-1-5-15-42)54-31-33-56(70-54)65(44-18-8-3-9-19-44)58-35-37-60(66)72-58/h1-11,14-37,40-41,69,72-73H,12-13,38-39H2. The number of carbonyl (C=O) groups is 1.